The van der Waals surface area contributed by atoms with Gasteiger partial charge in [-0.05, 0) is 27.2 Å². The van der Waals surface area contributed by atoms with Gasteiger partial charge in [-0.25, -0.2) is 4.79 Å². The molecule has 0 aliphatic carbocycles. The first-order chi connectivity index (χ1) is 5.96. The smallest absolute Gasteiger partial charge is 0.317 e. The Morgan fingerprint density at radius 1 is 1.62 bits per heavy atom. The van der Waals surface area contributed by atoms with E-state index >= 15 is 0 Å². The molecule has 0 saturated carbocycles. The third kappa shape index (κ3) is 1.94. The van der Waals surface area contributed by atoms with Crippen LogP contribution in [0.5, 0.6) is 0 Å². The third-order valence-corrected chi connectivity index (χ3v) is 2.80. The molecule has 1 saturated heterocycles. The fraction of sp³-hybridized carbons (Fsp3) is 0.889. The summed E-state index contributed by atoms with van der Waals surface area (Å²) in [6, 6.07) is -0.0721. The molecule has 13 heavy (non-hydrogen) atoms. The summed E-state index contributed by atoms with van der Waals surface area (Å²) >= 11 is 0. The lowest BCUT2D eigenvalue weighted by molar-refractivity contribution is 0.0175. The number of nitrogens with zero attached hydrogens (tertiary/aromatic N) is 1. The van der Waals surface area contributed by atoms with Gasteiger partial charge in [-0.3, -0.25) is 0 Å². The van der Waals surface area contributed by atoms with Crippen molar-refractivity contribution in [1.29, 1.82) is 0 Å². The van der Waals surface area contributed by atoms with Crippen LogP contribution in [-0.2, 0) is 0 Å². The van der Waals surface area contributed by atoms with Crippen LogP contribution in [0.4, 0.5) is 4.79 Å². The molecule has 1 rings (SSSR count). The zero-order valence-corrected chi connectivity index (χ0v) is 8.50. The number of carbonyl (C=O) groups is 1. The van der Waals surface area contributed by atoms with Crippen molar-refractivity contribution < 1.29 is 9.90 Å². The molecular formula is C9H18N2O2. The third-order valence-electron chi connectivity index (χ3n) is 2.80. The fourth-order valence-electron chi connectivity index (χ4n) is 1.40. The predicted molar refractivity (Wildman–Crippen MR) is 50.5 cm³/mol. The zero-order valence-electron chi connectivity index (χ0n) is 8.50. The van der Waals surface area contributed by atoms with Gasteiger partial charge in [-0.2, -0.15) is 0 Å². The summed E-state index contributed by atoms with van der Waals surface area (Å²) in [5.41, 5.74) is -0.482. The second-order valence-electron chi connectivity index (χ2n) is 4.07. The Kier molecular flexibility index (Phi) is 2.81. The van der Waals surface area contributed by atoms with E-state index in [1.165, 1.54) is 0 Å². The van der Waals surface area contributed by atoms with Crippen molar-refractivity contribution in [2.45, 2.75) is 38.8 Å². The van der Waals surface area contributed by atoms with E-state index in [9.17, 15) is 9.90 Å². The lowest BCUT2D eigenvalue weighted by atomic mass is 9.95. The van der Waals surface area contributed by atoms with Crippen LogP contribution in [0.3, 0.4) is 0 Å². The van der Waals surface area contributed by atoms with Gasteiger partial charge in [-0.1, -0.05) is 0 Å². The van der Waals surface area contributed by atoms with Gasteiger partial charge in [0.05, 0.1) is 11.6 Å². The molecule has 0 radical (unpaired) electrons. The number of aliphatic hydroxyl groups excluding tert-OH is 1. The van der Waals surface area contributed by atoms with E-state index in [2.05, 4.69) is 5.32 Å². The lowest BCUT2D eigenvalue weighted by Gasteiger charge is -2.42. The monoisotopic (exact) mass is 186 g/mol. The van der Waals surface area contributed by atoms with Crippen molar-refractivity contribution in [3.8, 4) is 0 Å². The Morgan fingerprint density at radius 2 is 2.23 bits per heavy atom. The second-order valence-corrected chi connectivity index (χ2v) is 4.07. The molecule has 1 heterocycles. The van der Waals surface area contributed by atoms with Crippen LogP contribution >= 0.6 is 0 Å². The van der Waals surface area contributed by atoms with E-state index < -0.39 is 11.6 Å². The van der Waals surface area contributed by atoms with Gasteiger partial charge in [0.2, 0.25) is 0 Å². The SMILES string of the molecule is CC(O)C(C)(C)N1CCCNC1=O. The first-order valence-electron chi connectivity index (χ1n) is 4.70. The molecule has 0 aromatic heterocycles. The summed E-state index contributed by atoms with van der Waals surface area (Å²) in [6.45, 7) is 6.93. The van der Waals surface area contributed by atoms with E-state index in [0.717, 1.165) is 19.5 Å². The number of nitrogens with one attached hydrogen (secondary N) is 1. The molecule has 4 nitrogen and oxygen atoms in total. The highest BCUT2D eigenvalue weighted by atomic mass is 16.3. The van der Waals surface area contributed by atoms with Crippen molar-refractivity contribution in [2.24, 2.45) is 0 Å². The van der Waals surface area contributed by atoms with Gasteiger partial charge < -0.3 is 15.3 Å². The number of aliphatic hydroxyl groups is 1. The Bertz CT molecular complexity index is 202. The first kappa shape index (κ1) is 10.3. The molecule has 1 atom stereocenters. The molecule has 1 aliphatic rings. The molecule has 1 aliphatic heterocycles. The molecule has 4 heteroatoms. The van der Waals surface area contributed by atoms with Crippen molar-refractivity contribution in [2.75, 3.05) is 13.1 Å². The number of carbonyl (C=O) groups excluding carboxylic acids is 1. The summed E-state index contributed by atoms with van der Waals surface area (Å²) < 4.78 is 0. The largest absolute Gasteiger partial charge is 0.391 e. The summed E-state index contributed by atoms with van der Waals surface area (Å²) in [4.78, 5) is 13.1. The molecule has 0 spiro atoms. The Balaban J connectivity index is 2.73. The predicted octanol–water partition coefficient (Wildman–Crippen LogP) is 0.561. The number of rotatable bonds is 2. The highest BCUT2D eigenvalue weighted by molar-refractivity contribution is 5.75. The van der Waals surface area contributed by atoms with E-state index in [1.807, 2.05) is 13.8 Å². The minimum absolute atomic E-state index is 0.0721. The molecule has 1 fully saturated rings. The van der Waals surface area contributed by atoms with Crippen molar-refractivity contribution in [1.82, 2.24) is 10.2 Å². The summed E-state index contributed by atoms with van der Waals surface area (Å²) in [7, 11) is 0. The summed E-state index contributed by atoms with van der Waals surface area (Å²) in [5.74, 6) is 0. The van der Waals surface area contributed by atoms with Crippen LogP contribution in [0.1, 0.15) is 27.2 Å². The maximum atomic E-state index is 11.4. The average Bonchev–Trinajstić information content (AvgIpc) is 2.04. The highest BCUT2D eigenvalue weighted by Gasteiger charge is 2.36. The minimum Gasteiger partial charge on any atom is -0.391 e. The quantitative estimate of drug-likeness (QED) is 0.662. The average molecular weight is 186 g/mol. The van der Waals surface area contributed by atoms with Crippen LogP contribution in [0, 0.1) is 0 Å². The molecule has 0 bridgehead atoms. The van der Waals surface area contributed by atoms with E-state index in [0.29, 0.717) is 0 Å². The Hall–Kier alpha value is -0.770. The van der Waals surface area contributed by atoms with Crippen LogP contribution in [-0.4, -0.2) is 40.8 Å². The molecule has 0 aromatic rings. The zero-order chi connectivity index (χ0) is 10.1. The number of hydrogen-bond donors (Lipinski definition) is 2. The highest BCUT2D eigenvalue weighted by Crippen LogP contribution is 2.20. The van der Waals surface area contributed by atoms with Gasteiger partial charge in [0.1, 0.15) is 0 Å². The number of amides is 2. The van der Waals surface area contributed by atoms with Gasteiger partial charge >= 0.3 is 6.03 Å². The lowest BCUT2D eigenvalue weighted by Crippen LogP contribution is -2.60. The topological polar surface area (TPSA) is 52.6 Å². The maximum absolute atomic E-state index is 11.4. The first-order valence-corrected chi connectivity index (χ1v) is 4.70. The molecule has 2 N–H and O–H groups in total. The van der Waals surface area contributed by atoms with Crippen LogP contribution in [0.25, 0.3) is 0 Å². The van der Waals surface area contributed by atoms with Gasteiger partial charge in [0.15, 0.2) is 0 Å². The minimum atomic E-state index is -0.517. The van der Waals surface area contributed by atoms with Gasteiger partial charge in [0.25, 0.3) is 0 Å². The van der Waals surface area contributed by atoms with E-state index in [4.69, 9.17) is 0 Å². The van der Waals surface area contributed by atoms with Crippen molar-refractivity contribution >= 4 is 6.03 Å². The van der Waals surface area contributed by atoms with E-state index in [-0.39, 0.29) is 6.03 Å². The molecule has 1 unspecified atom stereocenters. The van der Waals surface area contributed by atoms with Gasteiger partial charge in [0, 0.05) is 13.1 Å². The molecular weight excluding hydrogens is 168 g/mol. The molecule has 2 amide bonds. The fourth-order valence-corrected chi connectivity index (χ4v) is 1.40. The maximum Gasteiger partial charge on any atom is 0.317 e. The van der Waals surface area contributed by atoms with Crippen LogP contribution < -0.4 is 5.32 Å². The van der Waals surface area contributed by atoms with Crippen LogP contribution in [0.2, 0.25) is 0 Å². The Labute approximate surface area is 78.9 Å². The normalized spacial score (nSPS) is 21.2. The van der Waals surface area contributed by atoms with E-state index in [1.54, 1.807) is 11.8 Å². The number of hydrogen-bond acceptors (Lipinski definition) is 2. The van der Waals surface area contributed by atoms with Crippen molar-refractivity contribution in [3.05, 3.63) is 0 Å². The summed E-state index contributed by atoms with van der Waals surface area (Å²) in [6.07, 6.45) is 0.429. The van der Waals surface area contributed by atoms with Crippen molar-refractivity contribution in [3.63, 3.8) is 0 Å². The standard InChI is InChI=1S/C9H18N2O2/c1-7(12)9(2,3)11-6-4-5-10-8(11)13/h7,12H,4-6H2,1-3H3,(H,10,13). The number of urea groups is 1. The van der Waals surface area contributed by atoms with Crippen LogP contribution in [0.15, 0.2) is 0 Å². The van der Waals surface area contributed by atoms with Gasteiger partial charge in [-0.15, -0.1) is 0 Å². The summed E-state index contributed by atoms with van der Waals surface area (Å²) in [5, 5.41) is 12.3. The molecule has 0 aromatic carbocycles. The second kappa shape index (κ2) is 3.54. The Morgan fingerprint density at radius 3 is 2.69 bits per heavy atom. The molecule has 76 valence electrons.